The minimum Gasteiger partial charge on any atom is -0.388 e. The fourth-order valence-corrected chi connectivity index (χ4v) is 1.13. The molecule has 0 unspecified atom stereocenters. The second kappa shape index (κ2) is 9.15. The van der Waals surface area contributed by atoms with Crippen molar-refractivity contribution < 1.29 is 44.1 Å². The second-order valence-electron chi connectivity index (χ2n) is 2.96. The zero-order chi connectivity index (χ0) is 12.9. The van der Waals surface area contributed by atoms with Crippen LogP contribution in [0.3, 0.4) is 0 Å². The van der Waals surface area contributed by atoms with Gasteiger partial charge in [-0.3, -0.25) is 4.52 Å². The Kier molecular flexibility index (Phi) is 11.0. The van der Waals surface area contributed by atoms with Gasteiger partial charge in [0.2, 0.25) is 0 Å². The summed E-state index contributed by atoms with van der Waals surface area (Å²) in [6.45, 7) is -0.964. The van der Waals surface area contributed by atoms with Crippen molar-refractivity contribution in [3.8, 4) is 0 Å². The molecular formula is C6H13BaO9P. The van der Waals surface area contributed by atoms with Crippen LogP contribution in [0, 0.1) is 0 Å². The van der Waals surface area contributed by atoms with Crippen molar-refractivity contribution in [3.05, 3.63) is 0 Å². The number of hydrogen-bond acceptors (Lipinski definition) is 7. The molecule has 11 heteroatoms. The normalized spacial score (nSPS) is 18.7. The van der Waals surface area contributed by atoms with Gasteiger partial charge in [0, 0.05) is 48.9 Å². The standard InChI is InChI=1S/C6H13O9P.Ba/c7-1-3(8)5(10)6(11)4(9)2-15-16(12,13)14;/h1,3-6,8-11H,2H2,(H2,12,13,14);/t3-,4-,5-,6-;/m1./s1. The van der Waals surface area contributed by atoms with E-state index in [1.807, 2.05) is 0 Å². The predicted octanol–water partition coefficient (Wildman–Crippen LogP) is -3.64. The summed E-state index contributed by atoms with van der Waals surface area (Å²) in [7, 11) is -4.80. The third-order valence-corrected chi connectivity index (χ3v) is 2.13. The number of hydrogen-bond donors (Lipinski definition) is 6. The Morgan fingerprint density at radius 2 is 1.59 bits per heavy atom. The topological polar surface area (TPSA) is 165 Å². The molecule has 4 atom stereocenters. The molecule has 0 heterocycles. The molecule has 0 saturated heterocycles. The van der Waals surface area contributed by atoms with Gasteiger partial charge in [-0.1, -0.05) is 0 Å². The number of aliphatic hydroxyl groups excluding tert-OH is 4. The molecule has 0 saturated carbocycles. The van der Waals surface area contributed by atoms with Crippen LogP contribution >= 0.6 is 7.82 Å². The zero-order valence-electron chi connectivity index (χ0n) is 8.66. The SMILES string of the molecule is O=C[C@@H](O)[C@@H](O)[C@H](O)[C@H](O)COP(=O)(O)O.[Ba]. The molecule has 0 amide bonds. The van der Waals surface area contributed by atoms with E-state index in [1.54, 1.807) is 0 Å². The average Bonchev–Trinajstić information content (AvgIpc) is 2.21. The number of carbonyl (C=O) groups is 1. The van der Waals surface area contributed by atoms with Crippen LogP contribution in [0.1, 0.15) is 0 Å². The number of phosphoric ester groups is 1. The van der Waals surface area contributed by atoms with Crippen molar-refractivity contribution in [3.63, 3.8) is 0 Å². The van der Waals surface area contributed by atoms with Gasteiger partial charge in [0.15, 0.2) is 6.29 Å². The molecule has 0 rings (SSSR count). The van der Waals surface area contributed by atoms with Crippen LogP contribution in [0.4, 0.5) is 0 Å². The van der Waals surface area contributed by atoms with Gasteiger partial charge in [0.1, 0.15) is 24.4 Å². The van der Waals surface area contributed by atoms with Crippen LogP contribution in [-0.4, -0.2) is 116 Å². The number of rotatable bonds is 7. The fourth-order valence-electron chi connectivity index (χ4n) is 0.782. The molecule has 0 aliphatic heterocycles. The molecule has 0 aromatic carbocycles. The molecule has 0 spiro atoms. The third kappa shape index (κ3) is 8.83. The molecule has 17 heavy (non-hydrogen) atoms. The Bertz CT molecular complexity index is 268. The quantitative estimate of drug-likeness (QED) is 0.144. The van der Waals surface area contributed by atoms with Crippen LogP contribution in [-0.2, 0) is 13.9 Å². The summed E-state index contributed by atoms with van der Waals surface area (Å²) in [6, 6.07) is 0. The van der Waals surface area contributed by atoms with Gasteiger partial charge in [0.05, 0.1) is 6.61 Å². The van der Waals surface area contributed by atoms with Crippen molar-refractivity contribution in [1.82, 2.24) is 0 Å². The van der Waals surface area contributed by atoms with Crippen LogP contribution < -0.4 is 0 Å². The van der Waals surface area contributed by atoms with Gasteiger partial charge < -0.3 is 35.0 Å². The molecule has 2 radical (unpaired) electrons. The number of aliphatic hydroxyl groups is 4. The maximum Gasteiger partial charge on any atom is 0.469 e. The van der Waals surface area contributed by atoms with Gasteiger partial charge in [-0.15, -0.1) is 0 Å². The Morgan fingerprint density at radius 1 is 1.12 bits per heavy atom. The van der Waals surface area contributed by atoms with E-state index in [0.717, 1.165) is 0 Å². The number of carbonyl (C=O) groups excluding carboxylic acids is 1. The molecule has 0 aliphatic carbocycles. The summed E-state index contributed by atoms with van der Waals surface area (Å²) >= 11 is 0. The fraction of sp³-hybridized carbons (Fsp3) is 0.833. The van der Waals surface area contributed by atoms with Crippen LogP contribution in [0.25, 0.3) is 0 Å². The molecule has 0 aromatic rings. The summed E-state index contributed by atoms with van der Waals surface area (Å²) in [5, 5.41) is 36.1. The van der Waals surface area contributed by atoms with E-state index in [-0.39, 0.29) is 55.2 Å². The first-order valence-corrected chi connectivity index (χ1v) is 5.59. The molecule has 0 aliphatic rings. The molecule has 6 N–H and O–H groups in total. The van der Waals surface area contributed by atoms with E-state index >= 15 is 0 Å². The van der Waals surface area contributed by atoms with Crippen molar-refractivity contribution in [1.29, 1.82) is 0 Å². The number of aldehydes is 1. The van der Waals surface area contributed by atoms with Gasteiger partial charge in [0.25, 0.3) is 0 Å². The van der Waals surface area contributed by atoms with E-state index in [4.69, 9.17) is 30.2 Å². The van der Waals surface area contributed by atoms with E-state index in [9.17, 15) is 9.36 Å². The Morgan fingerprint density at radius 3 is 1.94 bits per heavy atom. The van der Waals surface area contributed by atoms with Gasteiger partial charge >= 0.3 is 7.82 Å². The maximum absolute atomic E-state index is 10.2. The summed E-state index contributed by atoms with van der Waals surface area (Å²) in [5.74, 6) is 0. The molecule has 0 aromatic heterocycles. The first-order valence-electron chi connectivity index (χ1n) is 4.06. The first-order chi connectivity index (χ1) is 7.19. The van der Waals surface area contributed by atoms with Crippen LogP contribution in [0.2, 0.25) is 0 Å². The Balaban J connectivity index is 0. The monoisotopic (exact) mass is 398 g/mol. The Hall–Kier alpha value is 1.19. The summed E-state index contributed by atoms with van der Waals surface area (Å²) in [5.41, 5.74) is 0. The van der Waals surface area contributed by atoms with Gasteiger partial charge in [-0.2, -0.15) is 0 Å². The first kappa shape index (κ1) is 20.5. The van der Waals surface area contributed by atoms with E-state index < -0.39 is 38.8 Å². The smallest absolute Gasteiger partial charge is 0.388 e. The van der Waals surface area contributed by atoms with Crippen molar-refractivity contribution in [2.75, 3.05) is 6.61 Å². The van der Waals surface area contributed by atoms with Crippen LogP contribution in [0.15, 0.2) is 0 Å². The zero-order valence-corrected chi connectivity index (χ0v) is 14.0. The molecule has 0 fully saturated rings. The second-order valence-corrected chi connectivity index (χ2v) is 4.20. The minimum atomic E-state index is -4.80. The van der Waals surface area contributed by atoms with E-state index in [0.29, 0.717) is 0 Å². The minimum absolute atomic E-state index is 0. The predicted molar refractivity (Wildman–Crippen MR) is 53.8 cm³/mol. The van der Waals surface area contributed by atoms with E-state index in [1.165, 1.54) is 0 Å². The average molecular weight is 397 g/mol. The van der Waals surface area contributed by atoms with Crippen molar-refractivity contribution in [2.24, 2.45) is 0 Å². The summed E-state index contributed by atoms with van der Waals surface area (Å²) in [6.07, 6.45) is -7.80. The van der Waals surface area contributed by atoms with Crippen molar-refractivity contribution in [2.45, 2.75) is 24.4 Å². The molecule has 9 nitrogen and oxygen atoms in total. The summed E-state index contributed by atoms with van der Waals surface area (Å²) < 4.78 is 14.1. The molecule has 0 bridgehead atoms. The van der Waals surface area contributed by atoms with Crippen LogP contribution in [0.5, 0.6) is 0 Å². The van der Waals surface area contributed by atoms with Crippen molar-refractivity contribution >= 4 is 63.0 Å². The molecule has 98 valence electrons. The third-order valence-electron chi connectivity index (χ3n) is 1.65. The molecular weight excluding hydrogens is 384 g/mol. The van der Waals surface area contributed by atoms with Gasteiger partial charge in [-0.25, -0.2) is 4.57 Å². The van der Waals surface area contributed by atoms with Gasteiger partial charge in [-0.05, 0) is 0 Å². The summed E-state index contributed by atoms with van der Waals surface area (Å²) in [4.78, 5) is 26.6. The van der Waals surface area contributed by atoms with E-state index in [2.05, 4.69) is 4.52 Å². The maximum atomic E-state index is 10.2. The number of phosphoric acid groups is 1. The largest absolute Gasteiger partial charge is 0.469 e. The Labute approximate surface area is 137 Å².